The number of esters is 1. The molecule has 4 nitrogen and oxygen atoms in total. The Bertz CT molecular complexity index is 154. The summed E-state index contributed by atoms with van der Waals surface area (Å²) < 4.78 is 9.66. The zero-order chi connectivity index (χ0) is 8.27. The van der Waals surface area contributed by atoms with E-state index < -0.39 is 0 Å². The van der Waals surface area contributed by atoms with Crippen LogP contribution < -0.4 is 5.73 Å². The first kappa shape index (κ1) is 11.9. The number of carbonyl (C=O) groups excluding carboxylic acids is 1. The van der Waals surface area contributed by atoms with E-state index in [1.165, 1.54) is 7.11 Å². The standard InChI is InChI=1S/C7H13NO3.BrH/c1-10-7(9)5-4-11-3-2-6(5)8;/h5-6H,2-4,8H2,1H3;1H. The van der Waals surface area contributed by atoms with Crippen molar-refractivity contribution in [3.63, 3.8) is 0 Å². The van der Waals surface area contributed by atoms with E-state index >= 15 is 0 Å². The van der Waals surface area contributed by atoms with Crippen LogP contribution >= 0.6 is 17.0 Å². The first-order valence-corrected chi connectivity index (χ1v) is 3.67. The zero-order valence-corrected chi connectivity index (χ0v) is 8.70. The molecule has 0 aromatic heterocycles. The van der Waals surface area contributed by atoms with Crippen LogP contribution in [0.25, 0.3) is 0 Å². The first-order chi connectivity index (χ1) is 5.25. The molecule has 0 spiro atoms. The lowest BCUT2D eigenvalue weighted by Gasteiger charge is -2.26. The Morgan fingerprint density at radius 2 is 2.33 bits per heavy atom. The second-order valence-corrected chi connectivity index (χ2v) is 2.66. The molecule has 0 aromatic rings. The van der Waals surface area contributed by atoms with Crippen molar-refractivity contribution >= 4 is 23.0 Å². The fourth-order valence-electron chi connectivity index (χ4n) is 1.15. The van der Waals surface area contributed by atoms with Crippen LogP contribution in [-0.2, 0) is 14.3 Å². The number of carbonyl (C=O) groups is 1. The highest BCUT2D eigenvalue weighted by Crippen LogP contribution is 2.13. The molecule has 1 saturated heterocycles. The first-order valence-electron chi connectivity index (χ1n) is 3.67. The van der Waals surface area contributed by atoms with Gasteiger partial charge >= 0.3 is 5.97 Å². The van der Waals surface area contributed by atoms with E-state index in [9.17, 15) is 4.79 Å². The van der Waals surface area contributed by atoms with Crippen LogP contribution in [0.4, 0.5) is 0 Å². The lowest BCUT2D eigenvalue weighted by atomic mass is 9.97. The highest BCUT2D eigenvalue weighted by molar-refractivity contribution is 8.93. The van der Waals surface area contributed by atoms with E-state index in [1.54, 1.807) is 0 Å². The molecule has 2 unspecified atom stereocenters. The minimum Gasteiger partial charge on any atom is -0.469 e. The van der Waals surface area contributed by atoms with Crippen molar-refractivity contribution in [1.29, 1.82) is 0 Å². The Hall–Kier alpha value is -0.130. The summed E-state index contributed by atoms with van der Waals surface area (Å²) in [5.41, 5.74) is 5.67. The maximum atomic E-state index is 11.0. The molecule has 2 N–H and O–H groups in total. The molecule has 2 atom stereocenters. The van der Waals surface area contributed by atoms with Crippen molar-refractivity contribution in [2.75, 3.05) is 20.3 Å². The average molecular weight is 240 g/mol. The Balaban J connectivity index is 0.00000121. The predicted octanol–water partition coefficient (Wildman–Crippen LogP) is 0.101. The fourth-order valence-corrected chi connectivity index (χ4v) is 1.15. The second-order valence-electron chi connectivity index (χ2n) is 2.66. The number of ether oxygens (including phenoxy) is 2. The monoisotopic (exact) mass is 239 g/mol. The molecule has 12 heavy (non-hydrogen) atoms. The third-order valence-corrected chi connectivity index (χ3v) is 1.91. The summed E-state index contributed by atoms with van der Waals surface area (Å²) in [4.78, 5) is 11.0. The largest absolute Gasteiger partial charge is 0.469 e. The normalized spacial score (nSPS) is 28.8. The van der Waals surface area contributed by atoms with Gasteiger partial charge < -0.3 is 15.2 Å². The topological polar surface area (TPSA) is 61.5 Å². The molecule has 0 aliphatic carbocycles. The van der Waals surface area contributed by atoms with E-state index in [1.807, 2.05) is 0 Å². The van der Waals surface area contributed by atoms with Gasteiger partial charge in [-0.3, -0.25) is 4.79 Å². The van der Waals surface area contributed by atoms with Crippen molar-refractivity contribution in [2.24, 2.45) is 11.7 Å². The third kappa shape index (κ3) is 2.73. The quantitative estimate of drug-likeness (QED) is 0.660. The summed E-state index contributed by atoms with van der Waals surface area (Å²) in [5, 5.41) is 0. The smallest absolute Gasteiger partial charge is 0.312 e. The number of rotatable bonds is 1. The van der Waals surface area contributed by atoms with Gasteiger partial charge in [-0.15, -0.1) is 17.0 Å². The average Bonchev–Trinajstić information content (AvgIpc) is 2.04. The van der Waals surface area contributed by atoms with Gasteiger partial charge in [0.15, 0.2) is 0 Å². The molecule has 1 heterocycles. The number of hydrogen-bond acceptors (Lipinski definition) is 4. The van der Waals surface area contributed by atoms with E-state index in [4.69, 9.17) is 10.5 Å². The van der Waals surface area contributed by atoms with Gasteiger partial charge in [0.05, 0.1) is 19.6 Å². The predicted molar refractivity (Wildman–Crippen MR) is 49.2 cm³/mol. The van der Waals surface area contributed by atoms with Crippen LogP contribution in [0.5, 0.6) is 0 Å². The lowest BCUT2D eigenvalue weighted by molar-refractivity contribution is -0.150. The van der Waals surface area contributed by atoms with Crippen molar-refractivity contribution in [3.8, 4) is 0 Å². The van der Waals surface area contributed by atoms with Gasteiger partial charge in [0, 0.05) is 12.6 Å². The molecule has 0 amide bonds. The summed E-state index contributed by atoms with van der Waals surface area (Å²) in [5.74, 6) is -0.536. The molecular weight excluding hydrogens is 226 g/mol. The Morgan fingerprint density at radius 3 is 2.83 bits per heavy atom. The number of hydrogen-bond donors (Lipinski definition) is 1. The van der Waals surface area contributed by atoms with Gasteiger partial charge in [-0.1, -0.05) is 0 Å². The maximum absolute atomic E-state index is 11.0. The summed E-state index contributed by atoms with van der Waals surface area (Å²) in [6.45, 7) is 1.04. The highest BCUT2D eigenvalue weighted by Gasteiger charge is 2.29. The van der Waals surface area contributed by atoms with Crippen LogP contribution in [-0.4, -0.2) is 32.3 Å². The van der Waals surface area contributed by atoms with E-state index in [-0.39, 0.29) is 34.9 Å². The van der Waals surface area contributed by atoms with E-state index in [2.05, 4.69) is 4.74 Å². The number of halogens is 1. The van der Waals surface area contributed by atoms with Crippen molar-refractivity contribution < 1.29 is 14.3 Å². The fraction of sp³-hybridized carbons (Fsp3) is 0.857. The van der Waals surface area contributed by atoms with Gasteiger partial charge in [-0.25, -0.2) is 0 Å². The zero-order valence-electron chi connectivity index (χ0n) is 6.99. The molecule has 1 aliphatic rings. The van der Waals surface area contributed by atoms with Crippen molar-refractivity contribution in [1.82, 2.24) is 0 Å². The molecule has 5 heteroatoms. The van der Waals surface area contributed by atoms with Gasteiger partial charge in [0.25, 0.3) is 0 Å². The Kier molecular flexibility index (Phi) is 5.44. The molecule has 0 radical (unpaired) electrons. The van der Waals surface area contributed by atoms with Crippen LogP contribution in [0, 0.1) is 5.92 Å². The van der Waals surface area contributed by atoms with Crippen molar-refractivity contribution in [3.05, 3.63) is 0 Å². The lowest BCUT2D eigenvalue weighted by Crippen LogP contribution is -2.43. The SMILES string of the molecule is Br.COC(=O)C1COCCC1N. The van der Waals surface area contributed by atoms with Crippen molar-refractivity contribution in [2.45, 2.75) is 12.5 Å². The number of methoxy groups -OCH3 is 1. The molecule has 1 rings (SSSR count). The Morgan fingerprint density at radius 1 is 1.67 bits per heavy atom. The molecule has 1 aliphatic heterocycles. The minimum atomic E-state index is -0.270. The van der Waals surface area contributed by atoms with Crippen LogP contribution in [0.3, 0.4) is 0 Å². The molecule has 72 valence electrons. The third-order valence-electron chi connectivity index (χ3n) is 1.91. The van der Waals surface area contributed by atoms with Gasteiger partial charge in [0.2, 0.25) is 0 Å². The Labute approximate surface area is 82.2 Å². The van der Waals surface area contributed by atoms with Crippen LogP contribution in [0.15, 0.2) is 0 Å². The van der Waals surface area contributed by atoms with Gasteiger partial charge in [0.1, 0.15) is 0 Å². The summed E-state index contributed by atoms with van der Waals surface area (Å²) in [6, 6.07) is -0.101. The summed E-state index contributed by atoms with van der Waals surface area (Å²) in [6.07, 6.45) is 0.736. The van der Waals surface area contributed by atoms with E-state index in [0.29, 0.717) is 13.2 Å². The minimum absolute atomic E-state index is 0. The summed E-state index contributed by atoms with van der Waals surface area (Å²) >= 11 is 0. The van der Waals surface area contributed by atoms with Crippen LogP contribution in [0.1, 0.15) is 6.42 Å². The second kappa shape index (κ2) is 5.50. The molecular formula is C7H14BrNO3. The molecule has 0 bridgehead atoms. The maximum Gasteiger partial charge on any atom is 0.312 e. The van der Waals surface area contributed by atoms with Gasteiger partial charge in [-0.05, 0) is 6.42 Å². The van der Waals surface area contributed by atoms with Gasteiger partial charge in [-0.2, -0.15) is 0 Å². The molecule has 0 aromatic carbocycles. The van der Waals surface area contributed by atoms with E-state index in [0.717, 1.165) is 6.42 Å². The highest BCUT2D eigenvalue weighted by atomic mass is 79.9. The summed E-state index contributed by atoms with van der Waals surface area (Å²) in [7, 11) is 1.36. The molecule has 1 fully saturated rings. The van der Waals surface area contributed by atoms with Crippen LogP contribution in [0.2, 0.25) is 0 Å². The molecule has 0 saturated carbocycles. The number of nitrogens with two attached hydrogens (primary N) is 1.